The van der Waals surface area contributed by atoms with Crippen LogP contribution in [0.25, 0.3) is 11.0 Å². The zero-order chi connectivity index (χ0) is 25.9. The Morgan fingerprint density at radius 3 is 2.11 bits per heavy atom. The zero-order valence-corrected chi connectivity index (χ0v) is 20.3. The highest BCUT2D eigenvalue weighted by molar-refractivity contribution is 5.88. The molecule has 5 rings (SSSR count). The molecular weight excluding hydrogens is 474 g/mol. The summed E-state index contributed by atoms with van der Waals surface area (Å²) in [6.07, 6.45) is 0. The number of hydrogen-bond acceptors (Lipinski definition) is 6. The van der Waals surface area contributed by atoms with Crippen LogP contribution in [0.4, 0.5) is 0 Å². The number of hydrogen-bond donors (Lipinski definition) is 2. The number of carbonyl (C=O) groups is 2. The fraction of sp³-hybridized carbons (Fsp3) is 0.250. The Kier molecular flexibility index (Phi) is 6.89. The molecule has 0 saturated heterocycles. The number of benzene rings is 3. The lowest BCUT2D eigenvalue weighted by Gasteiger charge is -2.32. The van der Waals surface area contributed by atoms with Crippen LogP contribution < -0.4 is 4.74 Å². The summed E-state index contributed by atoms with van der Waals surface area (Å²) in [5.41, 5.74) is 4.30. The van der Waals surface area contributed by atoms with Gasteiger partial charge in [-0.3, -0.25) is 4.90 Å². The second-order valence-electron chi connectivity index (χ2n) is 9.10. The van der Waals surface area contributed by atoms with Crippen molar-refractivity contribution in [3.63, 3.8) is 0 Å². The van der Waals surface area contributed by atoms with E-state index in [-0.39, 0.29) is 17.2 Å². The van der Waals surface area contributed by atoms with Crippen molar-refractivity contribution in [1.29, 1.82) is 0 Å². The van der Waals surface area contributed by atoms with Crippen LogP contribution in [0.15, 0.2) is 66.7 Å². The number of carboxylic acids is 2. The molecule has 1 aliphatic heterocycles. The van der Waals surface area contributed by atoms with E-state index < -0.39 is 11.9 Å². The van der Waals surface area contributed by atoms with Gasteiger partial charge in [-0.25, -0.2) is 14.6 Å². The second-order valence-corrected chi connectivity index (χ2v) is 9.10. The molecule has 1 aliphatic rings. The number of fused-ring (bicyclic) bond motifs is 3. The summed E-state index contributed by atoms with van der Waals surface area (Å²) < 4.78 is 13.5. The Bertz CT molecular complexity index is 1370. The van der Waals surface area contributed by atoms with Gasteiger partial charge in [0.25, 0.3) is 0 Å². The molecule has 37 heavy (non-hydrogen) atoms. The molecule has 0 amide bonds. The largest absolute Gasteiger partial charge is 0.497 e. The predicted octanol–water partition coefficient (Wildman–Crippen LogP) is 4.22. The van der Waals surface area contributed by atoms with Gasteiger partial charge in [0.15, 0.2) is 0 Å². The van der Waals surface area contributed by atoms with Crippen LogP contribution in [0, 0.1) is 0 Å². The third-order valence-corrected chi connectivity index (χ3v) is 6.56. The summed E-state index contributed by atoms with van der Waals surface area (Å²) in [6, 6.07) is 19.6. The van der Waals surface area contributed by atoms with Gasteiger partial charge in [-0.15, -0.1) is 0 Å². The first-order chi connectivity index (χ1) is 17.9. The van der Waals surface area contributed by atoms with Crippen LogP contribution >= 0.6 is 0 Å². The molecule has 0 bridgehead atoms. The van der Waals surface area contributed by atoms with Gasteiger partial charge in [0.05, 0.1) is 41.9 Å². The Hall–Kier alpha value is -4.21. The van der Waals surface area contributed by atoms with Crippen molar-refractivity contribution in [2.75, 3.05) is 20.3 Å². The molecule has 0 aliphatic carbocycles. The first-order valence-electron chi connectivity index (χ1n) is 11.9. The SMILES string of the molecule is COc1ccc2c(c1)nc1n2C(CN(Cc2ccc(C(=O)O)cc2)Cc2ccc(C(=O)O)cc2)COC1. The molecule has 0 spiro atoms. The van der Waals surface area contributed by atoms with E-state index in [9.17, 15) is 19.8 Å². The average Bonchev–Trinajstić information content (AvgIpc) is 3.28. The van der Waals surface area contributed by atoms with Crippen LogP contribution in [-0.2, 0) is 24.4 Å². The molecule has 0 saturated carbocycles. The number of imidazole rings is 1. The van der Waals surface area contributed by atoms with Gasteiger partial charge in [0.2, 0.25) is 0 Å². The monoisotopic (exact) mass is 501 g/mol. The smallest absolute Gasteiger partial charge is 0.335 e. The number of rotatable bonds is 9. The Morgan fingerprint density at radius 2 is 1.57 bits per heavy atom. The molecular formula is C28H27N3O6. The van der Waals surface area contributed by atoms with Crippen molar-refractivity contribution >= 4 is 23.0 Å². The minimum Gasteiger partial charge on any atom is -0.497 e. The van der Waals surface area contributed by atoms with Crippen molar-refractivity contribution < 1.29 is 29.3 Å². The zero-order valence-electron chi connectivity index (χ0n) is 20.3. The van der Waals surface area contributed by atoms with Crippen LogP contribution in [0.2, 0.25) is 0 Å². The van der Waals surface area contributed by atoms with Crippen LogP contribution in [0.5, 0.6) is 5.75 Å². The maximum atomic E-state index is 11.3. The normalized spacial score (nSPS) is 15.0. The van der Waals surface area contributed by atoms with Crippen molar-refractivity contribution in [1.82, 2.24) is 14.5 Å². The highest BCUT2D eigenvalue weighted by atomic mass is 16.5. The molecule has 1 unspecified atom stereocenters. The van der Waals surface area contributed by atoms with Crippen molar-refractivity contribution in [3.8, 4) is 5.75 Å². The minimum absolute atomic E-state index is 0.00118. The van der Waals surface area contributed by atoms with E-state index in [1.54, 1.807) is 31.4 Å². The minimum atomic E-state index is -0.961. The molecule has 2 N–H and O–H groups in total. The number of aromatic nitrogens is 2. The molecule has 3 aromatic carbocycles. The molecule has 0 fully saturated rings. The van der Waals surface area contributed by atoms with Crippen molar-refractivity contribution in [2.24, 2.45) is 0 Å². The van der Waals surface area contributed by atoms with E-state index in [1.165, 1.54) is 0 Å². The molecule has 1 aromatic heterocycles. The van der Waals surface area contributed by atoms with Gasteiger partial charge in [-0.1, -0.05) is 24.3 Å². The molecule has 190 valence electrons. The van der Waals surface area contributed by atoms with E-state index >= 15 is 0 Å². The Labute approximate surface area is 213 Å². The molecule has 4 aromatic rings. The third kappa shape index (κ3) is 5.32. The fourth-order valence-corrected chi connectivity index (χ4v) is 4.76. The summed E-state index contributed by atoms with van der Waals surface area (Å²) in [7, 11) is 1.63. The number of aromatic carboxylic acids is 2. The maximum Gasteiger partial charge on any atom is 0.335 e. The van der Waals surface area contributed by atoms with Gasteiger partial charge >= 0.3 is 11.9 Å². The topological polar surface area (TPSA) is 114 Å². The van der Waals surface area contributed by atoms with Crippen LogP contribution in [0.3, 0.4) is 0 Å². The lowest BCUT2D eigenvalue weighted by Crippen LogP contribution is -2.35. The van der Waals surface area contributed by atoms with E-state index in [1.807, 2.05) is 42.5 Å². The highest BCUT2D eigenvalue weighted by Crippen LogP contribution is 2.29. The van der Waals surface area contributed by atoms with Gasteiger partial charge < -0.3 is 24.3 Å². The van der Waals surface area contributed by atoms with Crippen molar-refractivity contribution in [2.45, 2.75) is 25.7 Å². The number of nitrogens with zero attached hydrogens (tertiary/aromatic N) is 3. The van der Waals surface area contributed by atoms with Gasteiger partial charge in [0, 0.05) is 25.7 Å². The van der Waals surface area contributed by atoms with Gasteiger partial charge in [0.1, 0.15) is 18.2 Å². The Morgan fingerprint density at radius 1 is 0.973 bits per heavy atom. The summed E-state index contributed by atoms with van der Waals surface area (Å²) >= 11 is 0. The summed E-state index contributed by atoms with van der Waals surface area (Å²) in [5.74, 6) is -0.317. The molecule has 1 atom stereocenters. The van der Waals surface area contributed by atoms with E-state index in [2.05, 4.69) is 9.47 Å². The summed E-state index contributed by atoms with van der Waals surface area (Å²) in [4.78, 5) is 29.6. The lowest BCUT2D eigenvalue weighted by atomic mass is 10.1. The Balaban J connectivity index is 1.44. The molecule has 9 heteroatoms. The summed E-state index contributed by atoms with van der Waals surface area (Å²) in [5, 5.41) is 18.5. The first-order valence-corrected chi connectivity index (χ1v) is 11.9. The lowest BCUT2D eigenvalue weighted by molar-refractivity contribution is 0.0402. The highest BCUT2D eigenvalue weighted by Gasteiger charge is 2.26. The number of methoxy groups -OCH3 is 1. The quantitative estimate of drug-likeness (QED) is 0.351. The van der Waals surface area contributed by atoms with Gasteiger partial charge in [-0.2, -0.15) is 0 Å². The van der Waals surface area contributed by atoms with E-state index in [4.69, 9.17) is 14.5 Å². The standard InChI is InChI=1S/C28H27N3O6/c1-36-23-10-11-25-24(12-23)29-26-17-37-16-22(31(25)26)15-30(13-18-2-6-20(7-3-18)27(32)33)14-19-4-8-21(9-5-19)28(34)35/h2-12,22H,13-17H2,1H3,(H,32,33)(H,34,35). The maximum absolute atomic E-state index is 11.3. The number of ether oxygens (including phenoxy) is 2. The molecule has 2 heterocycles. The summed E-state index contributed by atoms with van der Waals surface area (Å²) in [6.45, 7) is 2.75. The fourth-order valence-electron chi connectivity index (χ4n) is 4.76. The second kappa shape index (κ2) is 10.4. The third-order valence-electron chi connectivity index (χ3n) is 6.56. The predicted molar refractivity (Wildman–Crippen MR) is 136 cm³/mol. The van der Waals surface area contributed by atoms with Crippen LogP contribution in [0.1, 0.15) is 43.7 Å². The van der Waals surface area contributed by atoms with E-state index in [0.717, 1.165) is 33.7 Å². The van der Waals surface area contributed by atoms with Crippen molar-refractivity contribution in [3.05, 3.63) is 94.8 Å². The average molecular weight is 502 g/mol. The molecule has 9 nitrogen and oxygen atoms in total. The van der Waals surface area contributed by atoms with E-state index in [0.29, 0.717) is 32.8 Å². The first kappa shape index (κ1) is 24.5. The van der Waals surface area contributed by atoms with Crippen LogP contribution in [-0.4, -0.2) is 56.9 Å². The van der Waals surface area contributed by atoms with Gasteiger partial charge in [-0.05, 0) is 47.5 Å². The number of carboxylic acid groups (broad SMARTS) is 2. The molecule has 0 radical (unpaired) electrons.